The number of carbonyl (C=O) groups excluding carboxylic acids is 2. The maximum absolute atomic E-state index is 14.0. The molecule has 5 N–H and O–H groups in total. The van der Waals surface area contributed by atoms with Gasteiger partial charge >= 0.3 is 18.2 Å². The summed E-state index contributed by atoms with van der Waals surface area (Å²) in [4.78, 5) is 36.9. The summed E-state index contributed by atoms with van der Waals surface area (Å²) in [6, 6.07) is 13.7. The lowest BCUT2D eigenvalue weighted by Crippen LogP contribution is -2.49. The Morgan fingerprint density at radius 1 is 0.929 bits per heavy atom. The molecule has 0 aliphatic carbocycles. The third kappa shape index (κ3) is 8.95. The Labute approximate surface area is 242 Å². The Bertz CT molecular complexity index is 1520. The van der Waals surface area contributed by atoms with Crippen molar-refractivity contribution in [3.8, 4) is 6.07 Å². The molecule has 3 aromatic rings. The smallest absolute Gasteiger partial charge is 0.417 e. The Morgan fingerprint density at radius 3 is 2.21 bits per heavy atom. The fourth-order valence-electron chi connectivity index (χ4n) is 3.52. The maximum atomic E-state index is 14.0. The van der Waals surface area contributed by atoms with Crippen molar-refractivity contribution >= 4 is 46.7 Å². The number of hydrogen-bond donors (Lipinski definition) is 5. The number of carbonyl (C=O) groups is 3. The lowest BCUT2D eigenvalue weighted by atomic mass is 10.0. The van der Waals surface area contributed by atoms with Crippen LogP contribution >= 0.6 is 11.8 Å². The van der Waals surface area contributed by atoms with Gasteiger partial charge in [0.15, 0.2) is 0 Å². The third-order valence-electron chi connectivity index (χ3n) is 5.79. The molecule has 220 valence electrons. The summed E-state index contributed by atoms with van der Waals surface area (Å²) in [7, 11) is 0. The van der Waals surface area contributed by atoms with Crippen LogP contribution in [-0.4, -0.2) is 34.3 Å². The first-order valence-corrected chi connectivity index (χ1v) is 13.2. The van der Waals surface area contributed by atoms with E-state index in [4.69, 9.17) is 10.4 Å². The maximum Gasteiger partial charge on any atom is 0.417 e. The highest BCUT2D eigenvalue weighted by Gasteiger charge is 2.34. The molecule has 0 heterocycles. The zero-order chi connectivity index (χ0) is 31.1. The van der Waals surface area contributed by atoms with Gasteiger partial charge in [0, 0.05) is 28.5 Å². The van der Waals surface area contributed by atoms with Gasteiger partial charge in [-0.2, -0.15) is 18.4 Å². The van der Waals surface area contributed by atoms with Crippen LogP contribution in [0.1, 0.15) is 30.5 Å². The molecular weight excluding hydrogens is 578 g/mol. The molecule has 0 spiro atoms. The van der Waals surface area contributed by atoms with Crippen LogP contribution in [0.5, 0.6) is 0 Å². The van der Waals surface area contributed by atoms with E-state index in [1.165, 1.54) is 32.0 Å². The number of carboxylic acid groups (broad SMARTS) is 1. The number of thioether (sulfide) groups is 1. The van der Waals surface area contributed by atoms with Crippen molar-refractivity contribution < 1.29 is 37.1 Å². The van der Waals surface area contributed by atoms with Crippen LogP contribution in [0.4, 0.5) is 39.4 Å². The number of benzene rings is 3. The average Bonchev–Trinajstić information content (AvgIpc) is 2.91. The summed E-state index contributed by atoms with van der Waals surface area (Å²) in [5.74, 6) is -2.39. The monoisotopic (exact) mass is 603 g/mol. The lowest BCUT2D eigenvalue weighted by molar-refractivity contribution is -0.138. The van der Waals surface area contributed by atoms with Crippen LogP contribution in [0.2, 0.25) is 0 Å². The largest absolute Gasteiger partial charge is 0.481 e. The second kappa shape index (κ2) is 13.4. The number of alkyl halides is 3. The molecule has 0 bridgehead atoms. The zero-order valence-corrected chi connectivity index (χ0v) is 23.0. The van der Waals surface area contributed by atoms with E-state index in [0.29, 0.717) is 22.2 Å². The van der Waals surface area contributed by atoms with Crippen molar-refractivity contribution in [2.75, 3.05) is 21.7 Å². The van der Waals surface area contributed by atoms with Crippen molar-refractivity contribution in [3.63, 3.8) is 0 Å². The minimum Gasteiger partial charge on any atom is -0.481 e. The standard InChI is InChI=1S/C28H25F4N5O4S/c1-27(2,25(40)35-20-6-4-16(13-33)22(12-20)28(30,31)32)34-14-17-3-5-18(29)11-23(17)37-26(41)36-19-7-9-21(10-8-19)42-15-24(38)39/h3-12,34H,14-15H2,1-2H3,(H,35,40)(H,38,39)(H2,36,37,41). The van der Waals surface area contributed by atoms with Crippen LogP contribution < -0.4 is 21.3 Å². The van der Waals surface area contributed by atoms with E-state index >= 15 is 0 Å². The van der Waals surface area contributed by atoms with E-state index in [2.05, 4.69) is 21.3 Å². The summed E-state index contributed by atoms with van der Waals surface area (Å²) < 4.78 is 53.9. The number of nitrogens with one attached hydrogen (secondary N) is 4. The van der Waals surface area contributed by atoms with Gasteiger partial charge in [-0.05, 0) is 74.0 Å². The van der Waals surface area contributed by atoms with E-state index < -0.39 is 46.6 Å². The van der Waals surface area contributed by atoms with E-state index in [0.717, 1.165) is 30.0 Å². The number of aliphatic carboxylic acids is 1. The first kappa shape index (κ1) is 31.9. The van der Waals surface area contributed by atoms with Gasteiger partial charge in [0.1, 0.15) is 5.82 Å². The predicted molar refractivity (Wildman–Crippen MR) is 150 cm³/mol. The van der Waals surface area contributed by atoms with Crippen LogP contribution in [0.25, 0.3) is 0 Å². The molecule has 14 heteroatoms. The molecule has 42 heavy (non-hydrogen) atoms. The molecule has 0 aliphatic rings. The minimum atomic E-state index is -4.79. The van der Waals surface area contributed by atoms with Crippen LogP contribution in [0, 0.1) is 17.1 Å². The number of anilines is 3. The normalized spacial score (nSPS) is 11.4. The van der Waals surface area contributed by atoms with Crippen molar-refractivity contribution in [1.29, 1.82) is 5.26 Å². The summed E-state index contributed by atoms with van der Waals surface area (Å²) in [5.41, 5.74) is -2.34. The number of hydrogen-bond acceptors (Lipinski definition) is 6. The number of amides is 3. The van der Waals surface area contributed by atoms with Gasteiger partial charge in [0.05, 0.1) is 28.5 Å². The van der Waals surface area contributed by atoms with Crippen molar-refractivity contribution in [3.05, 3.63) is 83.2 Å². The molecule has 0 atom stereocenters. The molecule has 0 unspecified atom stereocenters. The number of halogens is 4. The van der Waals surface area contributed by atoms with Crippen LogP contribution in [0.15, 0.2) is 65.6 Å². The lowest BCUT2D eigenvalue weighted by Gasteiger charge is -2.26. The molecule has 0 fully saturated rings. The molecular formula is C28H25F4N5O4S. The van der Waals surface area contributed by atoms with Gasteiger partial charge in [0.2, 0.25) is 5.91 Å². The molecule has 0 aliphatic heterocycles. The number of urea groups is 1. The molecule has 3 amide bonds. The molecule has 9 nitrogen and oxygen atoms in total. The van der Waals surface area contributed by atoms with Gasteiger partial charge in [-0.15, -0.1) is 11.8 Å². The highest BCUT2D eigenvalue weighted by Crippen LogP contribution is 2.33. The Hall–Kier alpha value is -4.61. The fourth-order valence-corrected chi connectivity index (χ4v) is 4.14. The van der Waals surface area contributed by atoms with Gasteiger partial charge in [0.25, 0.3) is 0 Å². The minimum absolute atomic E-state index is 0.0347. The zero-order valence-electron chi connectivity index (χ0n) is 22.2. The first-order valence-electron chi connectivity index (χ1n) is 12.2. The number of nitrogens with zero attached hydrogens (tertiary/aromatic N) is 1. The number of nitriles is 1. The van der Waals surface area contributed by atoms with E-state index in [1.54, 1.807) is 24.3 Å². The molecule has 3 rings (SSSR count). The van der Waals surface area contributed by atoms with E-state index in [1.807, 2.05) is 0 Å². The summed E-state index contributed by atoms with van der Waals surface area (Å²) in [6.45, 7) is 2.93. The molecule has 0 saturated carbocycles. The van der Waals surface area contributed by atoms with Crippen molar-refractivity contribution in [2.45, 2.75) is 37.0 Å². The molecule has 0 saturated heterocycles. The van der Waals surface area contributed by atoms with Crippen molar-refractivity contribution in [1.82, 2.24) is 5.32 Å². The predicted octanol–water partition coefficient (Wildman–Crippen LogP) is 6.04. The fraction of sp³-hybridized carbons (Fsp3) is 0.214. The second-order valence-electron chi connectivity index (χ2n) is 9.39. The van der Waals surface area contributed by atoms with Crippen molar-refractivity contribution in [2.24, 2.45) is 0 Å². The molecule has 3 aromatic carbocycles. The Balaban J connectivity index is 1.65. The average molecular weight is 604 g/mol. The molecule has 0 radical (unpaired) electrons. The summed E-state index contributed by atoms with van der Waals surface area (Å²) in [6.07, 6.45) is -4.79. The van der Waals surface area contributed by atoms with Gasteiger partial charge < -0.3 is 21.1 Å². The number of rotatable bonds is 10. The second-order valence-corrected chi connectivity index (χ2v) is 10.4. The van der Waals surface area contributed by atoms with Gasteiger partial charge in [-0.3, -0.25) is 14.9 Å². The third-order valence-corrected chi connectivity index (χ3v) is 6.78. The van der Waals surface area contributed by atoms with E-state index in [9.17, 15) is 31.9 Å². The van der Waals surface area contributed by atoms with E-state index in [-0.39, 0.29) is 23.7 Å². The highest BCUT2D eigenvalue weighted by atomic mass is 32.2. The summed E-state index contributed by atoms with van der Waals surface area (Å²) in [5, 5.41) is 28.2. The SMILES string of the molecule is CC(C)(NCc1ccc(F)cc1NC(=O)Nc1ccc(SCC(=O)O)cc1)C(=O)Nc1ccc(C#N)c(C(F)(F)F)c1. The Kier molecular flexibility index (Phi) is 10.2. The topological polar surface area (TPSA) is 143 Å². The molecule has 0 aromatic heterocycles. The van der Waals surface area contributed by atoms with Gasteiger partial charge in [-0.25, -0.2) is 9.18 Å². The highest BCUT2D eigenvalue weighted by molar-refractivity contribution is 8.00. The number of carboxylic acids is 1. The van der Waals surface area contributed by atoms with Gasteiger partial charge in [-0.1, -0.05) is 6.07 Å². The van der Waals surface area contributed by atoms with Crippen LogP contribution in [0.3, 0.4) is 0 Å². The summed E-state index contributed by atoms with van der Waals surface area (Å²) >= 11 is 1.11. The first-order chi connectivity index (χ1) is 19.7. The quantitative estimate of drug-likeness (QED) is 0.140. The van der Waals surface area contributed by atoms with Crippen LogP contribution in [-0.2, 0) is 22.3 Å². The Morgan fingerprint density at radius 2 is 1.60 bits per heavy atom.